The van der Waals surface area contributed by atoms with Crippen molar-refractivity contribution >= 4 is 5.91 Å². The Labute approximate surface area is 181 Å². The molecule has 2 aromatic rings. The molecule has 1 saturated heterocycles. The highest BCUT2D eigenvalue weighted by Gasteiger charge is 2.29. The van der Waals surface area contributed by atoms with Crippen molar-refractivity contribution in [1.82, 2.24) is 19.6 Å². The zero-order valence-corrected chi connectivity index (χ0v) is 18.8. The third-order valence-electron chi connectivity index (χ3n) is 6.80. The smallest absolute Gasteiger partial charge is 0.219 e. The molecule has 1 amide bonds. The predicted molar refractivity (Wildman–Crippen MR) is 120 cm³/mol. The minimum absolute atomic E-state index is 0.218. The second-order valence-electron chi connectivity index (χ2n) is 9.20. The zero-order valence-electron chi connectivity index (χ0n) is 18.8. The Kier molecular flexibility index (Phi) is 6.57. The number of carbonyl (C=O) groups excluding carboxylic acids is 1. The lowest BCUT2D eigenvalue weighted by Gasteiger charge is -2.31. The van der Waals surface area contributed by atoms with Crippen LogP contribution in [0.2, 0.25) is 0 Å². The second-order valence-corrected chi connectivity index (χ2v) is 9.20. The van der Waals surface area contributed by atoms with Gasteiger partial charge in [0, 0.05) is 57.4 Å². The zero-order chi connectivity index (χ0) is 21.1. The van der Waals surface area contributed by atoms with Gasteiger partial charge in [0.05, 0.1) is 5.69 Å². The van der Waals surface area contributed by atoms with Crippen molar-refractivity contribution < 1.29 is 4.79 Å². The minimum Gasteiger partial charge on any atom is -0.343 e. The Morgan fingerprint density at radius 2 is 1.73 bits per heavy atom. The van der Waals surface area contributed by atoms with Crippen LogP contribution in [0.15, 0.2) is 30.5 Å². The van der Waals surface area contributed by atoms with Gasteiger partial charge in [-0.3, -0.25) is 14.4 Å². The van der Waals surface area contributed by atoms with Gasteiger partial charge in [0.15, 0.2) is 0 Å². The van der Waals surface area contributed by atoms with E-state index >= 15 is 0 Å². The Morgan fingerprint density at radius 1 is 1.07 bits per heavy atom. The van der Waals surface area contributed by atoms with E-state index in [-0.39, 0.29) is 5.91 Å². The molecular weight excluding hydrogens is 372 g/mol. The summed E-state index contributed by atoms with van der Waals surface area (Å²) in [5.41, 5.74) is 5.35. The molecule has 5 nitrogen and oxygen atoms in total. The van der Waals surface area contributed by atoms with Gasteiger partial charge in [0.1, 0.15) is 0 Å². The standard InChI is InChI=1S/C25H36N4O/c1-4-29-18-24(19(2)26-29)17-28(25-9-10-25)16-23-7-5-21(6-8-23)15-22-11-13-27(14-12-22)20(3)30/h5-8,18,22,25H,4,9-17H2,1-3H3. The molecule has 2 heterocycles. The third-order valence-corrected chi connectivity index (χ3v) is 6.80. The largest absolute Gasteiger partial charge is 0.343 e. The van der Waals surface area contributed by atoms with Gasteiger partial charge in [-0.2, -0.15) is 5.10 Å². The van der Waals surface area contributed by atoms with Crippen LogP contribution in [-0.2, 0) is 30.8 Å². The molecule has 2 aliphatic rings. The fourth-order valence-corrected chi connectivity index (χ4v) is 4.65. The first kappa shape index (κ1) is 21.1. The van der Waals surface area contributed by atoms with E-state index in [9.17, 15) is 4.79 Å². The third kappa shape index (κ3) is 5.31. The van der Waals surface area contributed by atoms with Gasteiger partial charge in [-0.05, 0) is 63.0 Å². The van der Waals surface area contributed by atoms with E-state index in [1.807, 2.05) is 9.58 Å². The Hall–Kier alpha value is -2.14. The Bertz CT molecular complexity index is 845. The maximum absolute atomic E-state index is 11.5. The first-order chi connectivity index (χ1) is 14.5. The number of hydrogen-bond donors (Lipinski definition) is 0. The molecule has 1 saturated carbocycles. The minimum atomic E-state index is 0.218. The van der Waals surface area contributed by atoms with Crippen molar-refractivity contribution in [2.45, 2.75) is 78.6 Å². The average Bonchev–Trinajstić information content (AvgIpc) is 3.53. The van der Waals surface area contributed by atoms with Crippen LogP contribution in [0.4, 0.5) is 0 Å². The van der Waals surface area contributed by atoms with Crippen LogP contribution in [0.5, 0.6) is 0 Å². The lowest BCUT2D eigenvalue weighted by Crippen LogP contribution is -2.37. The van der Waals surface area contributed by atoms with Crippen LogP contribution in [0.3, 0.4) is 0 Å². The normalized spacial score (nSPS) is 17.7. The molecule has 5 heteroatoms. The molecule has 4 rings (SSSR count). The fourth-order valence-electron chi connectivity index (χ4n) is 4.65. The summed E-state index contributed by atoms with van der Waals surface area (Å²) in [6.07, 6.45) is 8.23. The number of aryl methyl sites for hydroxylation is 2. The summed E-state index contributed by atoms with van der Waals surface area (Å²) >= 11 is 0. The first-order valence-electron chi connectivity index (χ1n) is 11.6. The number of rotatable bonds is 8. The monoisotopic (exact) mass is 408 g/mol. The van der Waals surface area contributed by atoms with Gasteiger partial charge in [-0.1, -0.05) is 24.3 Å². The van der Waals surface area contributed by atoms with Crippen LogP contribution in [0.25, 0.3) is 0 Å². The molecule has 162 valence electrons. The fraction of sp³-hybridized carbons (Fsp3) is 0.600. The molecule has 0 unspecified atom stereocenters. The topological polar surface area (TPSA) is 41.4 Å². The molecule has 1 aliphatic heterocycles. The molecule has 0 bridgehead atoms. The van der Waals surface area contributed by atoms with Crippen LogP contribution in [0, 0.1) is 12.8 Å². The van der Waals surface area contributed by atoms with Gasteiger partial charge in [-0.15, -0.1) is 0 Å². The number of benzene rings is 1. The quantitative estimate of drug-likeness (QED) is 0.658. The van der Waals surface area contributed by atoms with E-state index in [2.05, 4.69) is 54.3 Å². The van der Waals surface area contributed by atoms with E-state index < -0.39 is 0 Å². The maximum Gasteiger partial charge on any atom is 0.219 e. The summed E-state index contributed by atoms with van der Waals surface area (Å²) in [5, 5.41) is 4.62. The number of nitrogens with zero attached hydrogens (tertiary/aromatic N) is 4. The number of amides is 1. The van der Waals surface area contributed by atoms with E-state index in [0.717, 1.165) is 63.7 Å². The van der Waals surface area contributed by atoms with E-state index in [4.69, 9.17) is 0 Å². The Balaban J connectivity index is 1.32. The molecule has 0 N–H and O–H groups in total. The summed E-state index contributed by atoms with van der Waals surface area (Å²) in [6, 6.07) is 9.99. The molecule has 0 atom stereocenters. The number of hydrogen-bond acceptors (Lipinski definition) is 3. The summed E-state index contributed by atoms with van der Waals surface area (Å²) in [7, 11) is 0. The van der Waals surface area contributed by atoms with Gasteiger partial charge in [-0.25, -0.2) is 0 Å². The number of aromatic nitrogens is 2. The molecule has 1 aromatic heterocycles. The first-order valence-corrected chi connectivity index (χ1v) is 11.6. The van der Waals surface area contributed by atoms with Gasteiger partial charge in [0.2, 0.25) is 5.91 Å². The van der Waals surface area contributed by atoms with Crippen molar-refractivity contribution in [3.63, 3.8) is 0 Å². The molecule has 0 spiro atoms. The number of carbonyl (C=O) groups is 1. The van der Waals surface area contributed by atoms with Gasteiger partial charge in [0.25, 0.3) is 0 Å². The van der Waals surface area contributed by atoms with Crippen molar-refractivity contribution in [2.24, 2.45) is 5.92 Å². The highest BCUT2D eigenvalue weighted by molar-refractivity contribution is 5.73. The SMILES string of the molecule is CCn1cc(CN(Cc2ccc(CC3CCN(C(C)=O)CC3)cc2)C2CC2)c(C)n1. The van der Waals surface area contributed by atoms with Crippen LogP contribution >= 0.6 is 0 Å². The van der Waals surface area contributed by atoms with Crippen LogP contribution in [0.1, 0.15) is 61.9 Å². The molecule has 1 aromatic carbocycles. The summed E-state index contributed by atoms with van der Waals surface area (Å²) in [6.45, 7) is 10.7. The second kappa shape index (κ2) is 9.34. The lowest BCUT2D eigenvalue weighted by atomic mass is 9.90. The Morgan fingerprint density at radius 3 is 2.30 bits per heavy atom. The number of piperidine rings is 1. The van der Waals surface area contributed by atoms with E-state index in [1.165, 1.54) is 29.5 Å². The van der Waals surface area contributed by atoms with Crippen molar-refractivity contribution in [3.05, 3.63) is 52.8 Å². The molecule has 2 fully saturated rings. The summed E-state index contributed by atoms with van der Waals surface area (Å²) < 4.78 is 2.05. The van der Waals surface area contributed by atoms with Crippen LogP contribution < -0.4 is 0 Å². The lowest BCUT2D eigenvalue weighted by molar-refractivity contribution is -0.130. The maximum atomic E-state index is 11.5. The van der Waals surface area contributed by atoms with E-state index in [0.29, 0.717) is 5.92 Å². The highest BCUT2D eigenvalue weighted by atomic mass is 16.2. The van der Waals surface area contributed by atoms with Crippen molar-refractivity contribution in [2.75, 3.05) is 13.1 Å². The molecular formula is C25H36N4O. The van der Waals surface area contributed by atoms with Crippen molar-refractivity contribution in [3.8, 4) is 0 Å². The van der Waals surface area contributed by atoms with Gasteiger partial charge < -0.3 is 4.90 Å². The average molecular weight is 409 g/mol. The summed E-state index contributed by atoms with van der Waals surface area (Å²) in [5.74, 6) is 0.919. The van der Waals surface area contributed by atoms with Gasteiger partial charge >= 0.3 is 0 Å². The molecule has 30 heavy (non-hydrogen) atoms. The predicted octanol–water partition coefficient (Wildman–Crippen LogP) is 4.18. The van der Waals surface area contributed by atoms with Crippen molar-refractivity contribution in [1.29, 1.82) is 0 Å². The molecule has 1 aliphatic carbocycles. The molecule has 0 radical (unpaired) electrons. The summed E-state index contributed by atoms with van der Waals surface area (Å²) in [4.78, 5) is 16.1. The van der Waals surface area contributed by atoms with Crippen LogP contribution in [-0.4, -0.2) is 44.6 Å². The van der Waals surface area contributed by atoms with E-state index in [1.54, 1.807) is 6.92 Å². The number of likely N-dealkylation sites (tertiary alicyclic amines) is 1. The highest BCUT2D eigenvalue weighted by Crippen LogP contribution is 2.30.